The minimum atomic E-state index is -3.82. The number of nitrogens with one attached hydrogen (secondary N) is 2. The molecule has 13 nitrogen and oxygen atoms in total. The van der Waals surface area contributed by atoms with Gasteiger partial charge in [-0.15, -0.1) is 0 Å². The Hall–Kier alpha value is -1.62. The van der Waals surface area contributed by atoms with Gasteiger partial charge in [0.2, 0.25) is 5.91 Å². The van der Waals surface area contributed by atoms with Crippen molar-refractivity contribution in [1.82, 2.24) is 15.1 Å². The molecule has 0 radical (unpaired) electrons. The number of allylic oxidation sites excluding steroid dienone is 1. The third-order valence-electron chi connectivity index (χ3n) is 5.83. The Labute approximate surface area is 246 Å². The summed E-state index contributed by atoms with van der Waals surface area (Å²) in [6.45, 7) is 4.18. The van der Waals surface area contributed by atoms with E-state index in [9.17, 15) is 38.2 Å². The molecule has 2 aliphatic rings. The number of carbonyl (C=O) groups excluding carboxylic acids is 4. The first-order valence-corrected chi connectivity index (χ1v) is 15.7. The van der Waals surface area contributed by atoms with Crippen LogP contribution in [0.3, 0.4) is 0 Å². The van der Waals surface area contributed by atoms with Gasteiger partial charge in [-0.05, 0) is 53.3 Å². The van der Waals surface area contributed by atoms with Crippen molar-refractivity contribution in [2.45, 2.75) is 103 Å². The SMILES string of the molecule is CC(C)OC(=O)[C@H](C)NP(=S)(N[C@@H](C)C(=O)OC(C)C)OC[C@@]1(C(F)F)O[C@@H](N2C=C(Cl)C(=O)CC2=O)[C@H](O)[C@@H]1O. The molecule has 2 heterocycles. The molecule has 0 aromatic rings. The Balaban J connectivity index is 2.37. The maximum absolute atomic E-state index is 14.6. The maximum atomic E-state index is 14.6. The van der Waals surface area contributed by atoms with E-state index >= 15 is 0 Å². The number of halogens is 3. The molecule has 41 heavy (non-hydrogen) atoms. The van der Waals surface area contributed by atoms with E-state index in [-0.39, 0.29) is 0 Å². The molecule has 18 heteroatoms. The average Bonchev–Trinajstić information content (AvgIpc) is 3.10. The van der Waals surface area contributed by atoms with Crippen molar-refractivity contribution in [1.29, 1.82) is 0 Å². The summed E-state index contributed by atoms with van der Waals surface area (Å²) >= 11 is 11.3. The van der Waals surface area contributed by atoms with Gasteiger partial charge in [-0.3, -0.25) is 24.1 Å². The molecule has 1 saturated heterocycles. The predicted octanol–water partition coefficient (Wildman–Crippen LogP) is 1.05. The minimum absolute atomic E-state index is 0.408. The average molecular weight is 650 g/mol. The van der Waals surface area contributed by atoms with Crippen LogP contribution < -0.4 is 10.2 Å². The number of carbonyl (C=O) groups is 4. The number of nitrogens with zero attached hydrogens (tertiary/aromatic N) is 1. The number of ketones is 1. The molecule has 0 aromatic carbocycles. The zero-order valence-electron chi connectivity index (χ0n) is 23.2. The lowest BCUT2D eigenvalue weighted by atomic mass is 9.96. The molecule has 1 amide bonds. The van der Waals surface area contributed by atoms with Crippen LogP contribution in [0, 0.1) is 0 Å². The summed E-state index contributed by atoms with van der Waals surface area (Å²) in [7, 11) is 0. The van der Waals surface area contributed by atoms with Crippen LogP contribution in [0.1, 0.15) is 48.0 Å². The van der Waals surface area contributed by atoms with E-state index in [1.165, 1.54) is 13.8 Å². The summed E-state index contributed by atoms with van der Waals surface area (Å²) in [5.74, 6) is -3.15. The second kappa shape index (κ2) is 14.2. The Bertz CT molecular complexity index is 1070. The Kier molecular flexibility index (Phi) is 12.4. The molecule has 0 aliphatic carbocycles. The van der Waals surface area contributed by atoms with Gasteiger partial charge in [-0.25, -0.2) is 19.0 Å². The van der Waals surface area contributed by atoms with Gasteiger partial charge < -0.3 is 28.9 Å². The molecule has 2 aliphatic heterocycles. The van der Waals surface area contributed by atoms with Crippen LogP contribution in [0.25, 0.3) is 0 Å². The summed E-state index contributed by atoms with van der Waals surface area (Å²) in [5, 5.41) is 26.3. The first kappa shape index (κ1) is 35.6. The number of aliphatic hydroxyl groups is 2. The molecule has 6 atom stereocenters. The molecule has 0 saturated carbocycles. The third kappa shape index (κ3) is 8.71. The highest BCUT2D eigenvalue weighted by atomic mass is 35.5. The molecule has 234 valence electrons. The van der Waals surface area contributed by atoms with Gasteiger partial charge in [0, 0.05) is 6.20 Å². The number of rotatable bonds is 13. The number of amides is 1. The summed E-state index contributed by atoms with van der Waals surface area (Å²) in [5.41, 5.74) is -2.94. The van der Waals surface area contributed by atoms with Crippen LogP contribution in [0.5, 0.6) is 0 Å². The Morgan fingerprint density at radius 3 is 2.05 bits per heavy atom. The lowest BCUT2D eigenvalue weighted by molar-refractivity contribution is -0.199. The molecule has 0 aromatic heterocycles. The largest absolute Gasteiger partial charge is 0.462 e. The summed E-state index contributed by atoms with van der Waals surface area (Å²) in [6, 6.07) is -2.29. The van der Waals surface area contributed by atoms with Crippen molar-refractivity contribution < 1.29 is 56.9 Å². The number of esters is 2. The van der Waals surface area contributed by atoms with Crippen molar-refractivity contribution in [3.8, 4) is 0 Å². The molecule has 0 unspecified atom stereocenters. The number of hydrogen-bond donors (Lipinski definition) is 4. The fraction of sp³-hybridized carbons (Fsp3) is 0.739. The van der Waals surface area contributed by atoms with Crippen LogP contribution >= 0.6 is 18.2 Å². The topological polar surface area (TPSA) is 173 Å². The Morgan fingerprint density at radius 1 is 1.12 bits per heavy atom. The van der Waals surface area contributed by atoms with Gasteiger partial charge in [0.1, 0.15) is 29.3 Å². The number of ether oxygens (including phenoxy) is 3. The van der Waals surface area contributed by atoms with Crippen LogP contribution in [-0.2, 0) is 49.7 Å². The Morgan fingerprint density at radius 2 is 1.61 bits per heavy atom. The van der Waals surface area contributed by atoms with Crippen molar-refractivity contribution in [2.24, 2.45) is 0 Å². The van der Waals surface area contributed by atoms with Gasteiger partial charge >= 0.3 is 11.9 Å². The number of hydrogen-bond acceptors (Lipinski definition) is 11. The highest BCUT2D eigenvalue weighted by molar-refractivity contribution is 8.10. The van der Waals surface area contributed by atoms with E-state index in [1.54, 1.807) is 27.7 Å². The van der Waals surface area contributed by atoms with Gasteiger partial charge in [-0.1, -0.05) is 11.6 Å². The highest BCUT2D eigenvalue weighted by Crippen LogP contribution is 2.45. The van der Waals surface area contributed by atoms with E-state index in [1.807, 2.05) is 0 Å². The lowest BCUT2D eigenvalue weighted by Gasteiger charge is -2.36. The highest BCUT2D eigenvalue weighted by Gasteiger charge is 2.62. The fourth-order valence-corrected chi connectivity index (χ4v) is 6.89. The first-order valence-electron chi connectivity index (χ1n) is 12.6. The van der Waals surface area contributed by atoms with Gasteiger partial charge in [0.05, 0.1) is 25.2 Å². The van der Waals surface area contributed by atoms with E-state index in [4.69, 9.17) is 42.1 Å². The zero-order valence-corrected chi connectivity index (χ0v) is 25.7. The number of Topliss-reactive ketones (excluding diaryl/α,β-unsaturated/α-hetero) is 1. The normalized spacial score (nSPS) is 26.9. The van der Waals surface area contributed by atoms with Gasteiger partial charge in [0.25, 0.3) is 6.43 Å². The van der Waals surface area contributed by atoms with Crippen LogP contribution in [0.4, 0.5) is 8.78 Å². The van der Waals surface area contributed by atoms with E-state index in [0.29, 0.717) is 4.90 Å². The van der Waals surface area contributed by atoms with E-state index in [2.05, 4.69) is 10.2 Å². The standard InChI is InChI=1S/C23H35ClF2N3O10PS/c1-10(2)37-20(34)12(5)27-40(41,28-13(6)21(35)38-11(3)4)36-9-23(22(25)26)18(33)17(32)19(39-23)29-8-14(24)15(30)7-16(29)31/h8,10-13,17-19,22,32-33H,7,9H2,1-6H3,(H2,27,28,41)/t12-,13-,17+,18-,19+,23+/m0/s1. The van der Waals surface area contributed by atoms with E-state index in [0.717, 1.165) is 6.20 Å². The summed E-state index contributed by atoms with van der Waals surface area (Å²) in [6.07, 6.45) is -10.6. The molecule has 1 fully saturated rings. The monoisotopic (exact) mass is 649 g/mol. The summed E-state index contributed by atoms with van der Waals surface area (Å²) in [4.78, 5) is 49.6. The van der Waals surface area contributed by atoms with Crippen molar-refractivity contribution >= 4 is 53.6 Å². The van der Waals surface area contributed by atoms with Crippen molar-refractivity contribution in [3.05, 3.63) is 11.2 Å². The van der Waals surface area contributed by atoms with Gasteiger partial charge in [0.15, 0.2) is 24.2 Å². The number of aliphatic hydroxyl groups excluding tert-OH is 2. The lowest BCUT2D eigenvalue weighted by Crippen LogP contribution is -2.53. The molecule has 0 bridgehead atoms. The minimum Gasteiger partial charge on any atom is -0.462 e. The number of alkyl halides is 2. The first-order chi connectivity index (χ1) is 18.8. The van der Waals surface area contributed by atoms with E-state index < -0.39 is 103 Å². The smallest absolute Gasteiger partial charge is 0.323 e. The molecular weight excluding hydrogens is 615 g/mol. The third-order valence-corrected chi connectivity index (χ3v) is 9.03. The van der Waals surface area contributed by atoms with Gasteiger partial charge in [-0.2, -0.15) is 0 Å². The summed E-state index contributed by atoms with van der Waals surface area (Å²) < 4.78 is 50.4. The van der Waals surface area contributed by atoms with Crippen LogP contribution in [-0.4, -0.2) is 100 Å². The van der Waals surface area contributed by atoms with Crippen LogP contribution in [0.15, 0.2) is 11.2 Å². The predicted molar refractivity (Wildman–Crippen MR) is 144 cm³/mol. The maximum Gasteiger partial charge on any atom is 0.323 e. The second-order valence-electron chi connectivity index (χ2n) is 10.1. The van der Waals surface area contributed by atoms with Crippen LogP contribution in [0.2, 0.25) is 0 Å². The van der Waals surface area contributed by atoms with Crippen molar-refractivity contribution in [3.63, 3.8) is 0 Å². The molecular formula is C23H35ClF2N3O10PS. The zero-order chi connectivity index (χ0) is 31.4. The van der Waals surface area contributed by atoms with Crippen molar-refractivity contribution in [2.75, 3.05) is 6.61 Å². The quantitative estimate of drug-likeness (QED) is 0.127. The fourth-order valence-electron chi connectivity index (χ4n) is 3.78. The molecule has 0 spiro atoms. The second-order valence-corrected chi connectivity index (χ2v) is 13.9. The molecule has 2 rings (SSSR count). The molecule has 4 N–H and O–H groups in total.